The number of benzene rings is 1. The first-order chi connectivity index (χ1) is 11.6. The summed E-state index contributed by atoms with van der Waals surface area (Å²) in [7, 11) is 0. The molecule has 24 heavy (non-hydrogen) atoms. The Hall–Kier alpha value is -2.93. The number of furan rings is 1. The summed E-state index contributed by atoms with van der Waals surface area (Å²) in [5, 5.41) is 5.61. The lowest BCUT2D eigenvalue weighted by atomic mass is 10.3. The van der Waals surface area contributed by atoms with Crippen LogP contribution in [0.1, 0.15) is 16.2 Å². The van der Waals surface area contributed by atoms with E-state index < -0.39 is 5.82 Å². The molecule has 1 aromatic carbocycles. The molecule has 0 unspecified atom stereocenters. The van der Waals surface area contributed by atoms with Crippen LogP contribution in [0.5, 0.6) is 0 Å². The molecule has 0 fully saturated rings. The van der Waals surface area contributed by atoms with Gasteiger partial charge in [0.1, 0.15) is 29.4 Å². The van der Waals surface area contributed by atoms with Crippen molar-refractivity contribution >= 4 is 29.0 Å². The highest BCUT2D eigenvalue weighted by Gasteiger charge is 2.10. The number of hydrogen-bond acceptors (Lipinski definition) is 5. The van der Waals surface area contributed by atoms with Gasteiger partial charge in [0.05, 0.1) is 17.8 Å². The van der Waals surface area contributed by atoms with Crippen LogP contribution in [0.4, 0.5) is 15.9 Å². The molecule has 0 aliphatic rings. The van der Waals surface area contributed by atoms with Gasteiger partial charge in [0.15, 0.2) is 0 Å². The zero-order chi connectivity index (χ0) is 16.9. The van der Waals surface area contributed by atoms with Crippen LogP contribution in [0.3, 0.4) is 0 Å². The fourth-order valence-electron chi connectivity index (χ4n) is 1.94. The van der Waals surface area contributed by atoms with Gasteiger partial charge in [-0.05, 0) is 30.3 Å². The van der Waals surface area contributed by atoms with Crippen LogP contribution in [0.15, 0.2) is 53.4 Å². The minimum Gasteiger partial charge on any atom is -0.467 e. The molecule has 0 bridgehead atoms. The molecule has 0 atom stereocenters. The molecule has 3 rings (SSSR count). The normalized spacial score (nSPS) is 10.4. The molecule has 0 spiro atoms. The number of carbonyl (C=O) groups is 1. The maximum absolute atomic E-state index is 13.2. The molecule has 0 saturated carbocycles. The highest BCUT2D eigenvalue weighted by molar-refractivity contribution is 6.31. The van der Waals surface area contributed by atoms with Gasteiger partial charge in [-0.3, -0.25) is 4.79 Å². The first-order valence-corrected chi connectivity index (χ1v) is 7.34. The van der Waals surface area contributed by atoms with Crippen LogP contribution in [0, 0.1) is 5.82 Å². The first kappa shape index (κ1) is 15.9. The van der Waals surface area contributed by atoms with Crippen molar-refractivity contribution in [2.45, 2.75) is 6.54 Å². The molecular weight excluding hydrogens is 335 g/mol. The third-order valence-corrected chi connectivity index (χ3v) is 3.38. The predicted octanol–water partition coefficient (Wildman–Crippen LogP) is 3.54. The van der Waals surface area contributed by atoms with E-state index in [1.165, 1.54) is 36.9 Å². The fourth-order valence-corrected chi connectivity index (χ4v) is 2.12. The Balaban J connectivity index is 1.68. The second-order valence-electron chi connectivity index (χ2n) is 4.80. The zero-order valence-corrected chi connectivity index (χ0v) is 13.0. The van der Waals surface area contributed by atoms with Crippen LogP contribution in [0.25, 0.3) is 0 Å². The van der Waals surface area contributed by atoms with Gasteiger partial charge in [0, 0.05) is 11.8 Å². The quantitative estimate of drug-likeness (QED) is 0.738. The van der Waals surface area contributed by atoms with Crippen molar-refractivity contribution in [2.24, 2.45) is 0 Å². The summed E-state index contributed by atoms with van der Waals surface area (Å²) in [6, 6.07) is 9.15. The van der Waals surface area contributed by atoms with Crippen LogP contribution >= 0.6 is 11.6 Å². The van der Waals surface area contributed by atoms with Gasteiger partial charge in [0.25, 0.3) is 5.91 Å². The number of rotatable bonds is 5. The van der Waals surface area contributed by atoms with E-state index in [9.17, 15) is 9.18 Å². The summed E-state index contributed by atoms with van der Waals surface area (Å²) < 4.78 is 18.3. The zero-order valence-electron chi connectivity index (χ0n) is 12.3. The van der Waals surface area contributed by atoms with E-state index in [-0.39, 0.29) is 23.2 Å². The number of amides is 1. The largest absolute Gasteiger partial charge is 0.467 e. The molecular formula is C16H12ClFN4O2. The van der Waals surface area contributed by atoms with E-state index in [2.05, 4.69) is 20.6 Å². The van der Waals surface area contributed by atoms with Crippen molar-refractivity contribution in [1.82, 2.24) is 15.3 Å². The fraction of sp³-hybridized carbons (Fsp3) is 0.0625. The van der Waals surface area contributed by atoms with Gasteiger partial charge >= 0.3 is 0 Å². The summed E-state index contributed by atoms with van der Waals surface area (Å²) >= 11 is 5.73. The number of nitrogens with zero attached hydrogens (tertiary/aromatic N) is 2. The average molecular weight is 347 g/mol. The molecule has 0 aliphatic heterocycles. The number of halogens is 2. The summed E-state index contributed by atoms with van der Waals surface area (Å²) in [6.45, 7) is 0.256. The van der Waals surface area contributed by atoms with Crippen LogP contribution < -0.4 is 10.6 Å². The lowest BCUT2D eigenvalue weighted by Crippen LogP contribution is -2.23. The van der Waals surface area contributed by atoms with Gasteiger partial charge in [-0.1, -0.05) is 11.6 Å². The van der Waals surface area contributed by atoms with E-state index in [4.69, 9.17) is 16.0 Å². The number of carbonyl (C=O) groups excluding carboxylic acids is 1. The summed E-state index contributed by atoms with van der Waals surface area (Å²) in [5.41, 5.74) is 0.731. The second kappa shape index (κ2) is 7.10. The molecule has 2 N–H and O–H groups in total. The Bertz CT molecular complexity index is 855. The maximum atomic E-state index is 13.2. The number of hydrogen-bond donors (Lipinski definition) is 2. The molecule has 0 saturated heterocycles. The van der Waals surface area contributed by atoms with Gasteiger partial charge in [-0.2, -0.15) is 0 Å². The van der Waals surface area contributed by atoms with Crippen LogP contribution in [0.2, 0.25) is 5.02 Å². The molecule has 1 amide bonds. The van der Waals surface area contributed by atoms with Gasteiger partial charge in [-0.25, -0.2) is 14.4 Å². The summed E-state index contributed by atoms with van der Waals surface area (Å²) in [5.74, 6) is 0.143. The molecule has 3 aromatic rings. The van der Waals surface area contributed by atoms with Crippen LogP contribution in [-0.2, 0) is 6.54 Å². The van der Waals surface area contributed by atoms with Gasteiger partial charge < -0.3 is 15.1 Å². The monoisotopic (exact) mass is 346 g/mol. The van der Waals surface area contributed by atoms with Crippen molar-refractivity contribution in [2.75, 3.05) is 5.32 Å². The molecule has 2 heterocycles. The van der Waals surface area contributed by atoms with Crippen molar-refractivity contribution in [3.8, 4) is 0 Å². The Morgan fingerprint density at radius 1 is 1.25 bits per heavy atom. The lowest BCUT2D eigenvalue weighted by molar-refractivity contribution is 0.0943. The molecule has 0 radical (unpaired) electrons. The first-order valence-electron chi connectivity index (χ1n) is 6.96. The SMILES string of the molecule is O=C(NCc1ccco1)c1cc(Nc2ccc(F)c(Cl)c2)ncn1. The summed E-state index contributed by atoms with van der Waals surface area (Å²) in [6.07, 6.45) is 2.79. The van der Waals surface area contributed by atoms with Gasteiger partial charge in [0.2, 0.25) is 0 Å². The van der Waals surface area contributed by atoms with E-state index in [0.29, 0.717) is 17.3 Å². The van der Waals surface area contributed by atoms with Crippen molar-refractivity contribution in [3.05, 3.63) is 71.3 Å². The third kappa shape index (κ3) is 3.88. The topological polar surface area (TPSA) is 80.0 Å². The summed E-state index contributed by atoms with van der Waals surface area (Å²) in [4.78, 5) is 20.1. The van der Waals surface area contributed by atoms with Crippen molar-refractivity contribution in [1.29, 1.82) is 0 Å². The van der Waals surface area contributed by atoms with Crippen molar-refractivity contribution < 1.29 is 13.6 Å². The standard InChI is InChI=1S/C16H12ClFN4O2/c17-12-6-10(3-4-13(12)18)22-15-7-14(20-9-21-15)16(23)19-8-11-2-1-5-24-11/h1-7,9H,8H2,(H,19,23)(H,20,21,22). The van der Waals surface area contributed by atoms with E-state index in [1.54, 1.807) is 12.1 Å². The molecule has 2 aromatic heterocycles. The Labute approximate surface area is 141 Å². The number of nitrogens with one attached hydrogen (secondary N) is 2. The van der Waals surface area contributed by atoms with E-state index >= 15 is 0 Å². The van der Waals surface area contributed by atoms with Crippen molar-refractivity contribution in [3.63, 3.8) is 0 Å². The Kier molecular flexibility index (Phi) is 4.72. The Morgan fingerprint density at radius 2 is 2.12 bits per heavy atom. The number of aromatic nitrogens is 2. The van der Waals surface area contributed by atoms with E-state index in [1.807, 2.05) is 0 Å². The third-order valence-electron chi connectivity index (χ3n) is 3.10. The minimum atomic E-state index is -0.511. The van der Waals surface area contributed by atoms with Gasteiger partial charge in [-0.15, -0.1) is 0 Å². The molecule has 8 heteroatoms. The maximum Gasteiger partial charge on any atom is 0.270 e. The van der Waals surface area contributed by atoms with E-state index in [0.717, 1.165) is 0 Å². The second-order valence-corrected chi connectivity index (χ2v) is 5.21. The smallest absolute Gasteiger partial charge is 0.270 e. The predicted molar refractivity (Wildman–Crippen MR) is 86.6 cm³/mol. The Morgan fingerprint density at radius 3 is 2.88 bits per heavy atom. The van der Waals surface area contributed by atoms with Crippen LogP contribution in [-0.4, -0.2) is 15.9 Å². The average Bonchev–Trinajstić information content (AvgIpc) is 3.10. The number of anilines is 2. The highest BCUT2D eigenvalue weighted by atomic mass is 35.5. The molecule has 6 nitrogen and oxygen atoms in total. The minimum absolute atomic E-state index is 0.00882. The molecule has 0 aliphatic carbocycles. The lowest BCUT2D eigenvalue weighted by Gasteiger charge is -2.08. The highest BCUT2D eigenvalue weighted by Crippen LogP contribution is 2.21. The molecule has 122 valence electrons.